The fraction of sp³-hybridized carbons (Fsp3) is 0.190. The summed E-state index contributed by atoms with van der Waals surface area (Å²) >= 11 is 5.98. The van der Waals surface area contributed by atoms with Gasteiger partial charge < -0.3 is 10.6 Å². The molecule has 142 valence electrons. The second kappa shape index (κ2) is 7.86. The molecule has 0 spiro atoms. The molecule has 3 aromatic rings. The van der Waals surface area contributed by atoms with Crippen LogP contribution in [0.25, 0.3) is 16.9 Å². The largest absolute Gasteiger partial charge is 0.352 e. The first-order valence-corrected chi connectivity index (χ1v) is 9.46. The van der Waals surface area contributed by atoms with Crippen molar-refractivity contribution in [3.8, 4) is 16.9 Å². The Kier molecular flexibility index (Phi) is 5.12. The molecule has 2 aromatic carbocycles. The molecule has 1 heterocycles. The molecule has 1 saturated carbocycles. The predicted molar refractivity (Wildman–Crippen MR) is 108 cm³/mol. The highest BCUT2D eigenvalue weighted by Crippen LogP contribution is 2.25. The number of carbonyl (C=O) groups is 2. The first-order chi connectivity index (χ1) is 13.6. The normalized spacial score (nSPS) is 13.2. The minimum Gasteiger partial charge on any atom is -0.352 e. The summed E-state index contributed by atoms with van der Waals surface area (Å²) in [6.45, 7) is -0.0636. The fourth-order valence-corrected chi connectivity index (χ4v) is 2.96. The molecule has 0 radical (unpaired) electrons. The van der Waals surface area contributed by atoms with Crippen molar-refractivity contribution in [2.45, 2.75) is 18.9 Å². The molecule has 0 bridgehead atoms. The Balaban J connectivity index is 1.61. The molecular formula is C21H19ClN4O2. The van der Waals surface area contributed by atoms with Crippen molar-refractivity contribution in [1.29, 1.82) is 0 Å². The van der Waals surface area contributed by atoms with Crippen LogP contribution in [0.15, 0.2) is 60.8 Å². The van der Waals surface area contributed by atoms with Gasteiger partial charge in [-0.15, -0.1) is 0 Å². The van der Waals surface area contributed by atoms with Gasteiger partial charge in [-0.05, 0) is 37.1 Å². The first-order valence-electron chi connectivity index (χ1n) is 9.09. The third-order valence-electron chi connectivity index (χ3n) is 4.45. The van der Waals surface area contributed by atoms with E-state index in [4.69, 9.17) is 11.6 Å². The molecule has 1 fully saturated rings. The highest BCUT2D eigenvalue weighted by atomic mass is 35.5. The fourth-order valence-electron chi connectivity index (χ4n) is 2.84. The standard InChI is InChI=1S/C21H19ClN4O2/c22-15-8-6-14(7-9-15)20-18(13-26(25-20)17-4-2-1-3-5-17)21(28)23-12-19(27)24-16-10-11-16/h1-9,13,16H,10-12H2,(H,23,28)(H,24,27). The van der Waals surface area contributed by atoms with Crippen molar-refractivity contribution < 1.29 is 9.59 Å². The van der Waals surface area contributed by atoms with Crippen LogP contribution in [-0.2, 0) is 4.79 Å². The molecule has 0 saturated heterocycles. The van der Waals surface area contributed by atoms with Gasteiger partial charge >= 0.3 is 0 Å². The number of amides is 2. The van der Waals surface area contributed by atoms with Crippen LogP contribution in [0.4, 0.5) is 0 Å². The average molecular weight is 395 g/mol. The first kappa shape index (κ1) is 18.3. The summed E-state index contributed by atoms with van der Waals surface area (Å²) in [5.74, 6) is -0.530. The van der Waals surface area contributed by atoms with Crippen LogP contribution in [-0.4, -0.2) is 34.2 Å². The summed E-state index contributed by atoms with van der Waals surface area (Å²) in [6, 6.07) is 16.9. The molecule has 0 aliphatic heterocycles. The number of halogens is 1. The van der Waals surface area contributed by atoms with Crippen molar-refractivity contribution in [1.82, 2.24) is 20.4 Å². The van der Waals surface area contributed by atoms with E-state index in [0.717, 1.165) is 24.1 Å². The van der Waals surface area contributed by atoms with E-state index in [9.17, 15) is 9.59 Å². The van der Waals surface area contributed by atoms with Crippen LogP contribution in [0.1, 0.15) is 23.2 Å². The minimum atomic E-state index is -0.349. The van der Waals surface area contributed by atoms with Gasteiger partial charge in [-0.25, -0.2) is 4.68 Å². The summed E-state index contributed by atoms with van der Waals surface area (Å²) in [6.07, 6.45) is 3.68. The van der Waals surface area contributed by atoms with Crippen molar-refractivity contribution in [2.75, 3.05) is 6.54 Å². The second-order valence-corrected chi connectivity index (χ2v) is 7.14. The van der Waals surface area contributed by atoms with Crippen LogP contribution < -0.4 is 10.6 Å². The van der Waals surface area contributed by atoms with E-state index in [1.807, 2.05) is 42.5 Å². The lowest BCUT2D eigenvalue weighted by Gasteiger charge is -2.06. The molecule has 2 amide bonds. The van der Waals surface area contributed by atoms with E-state index in [0.29, 0.717) is 16.3 Å². The summed E-state index contributed by atoms with van der Waals surface area (Å²) < 4.78 is 1.66. The maximum absolute atomic E-state index is 12.8. The van der Waals surface area contributed by atoms with Crippen molar-refractivity contribution in [3.05, 3.63) is 71.4 Å². The van der Waals surface area contributed by atoms with Crippen LogP contribution in [0.3, 0.4) is 0 Å². The zero-order valence-corrected chi connectivity index (χ0v) is 15.8. The van der Waals surface area contributed by atoms with Gasteiger partial charge in [0.2, 0.25) is 5.91 Å². The lowest BCUT2D eigenvalue weighted by Crippen LogP contribution is -2.37. The van der Waals surface area contributed by atoms with Gasteiger partial charge in [0.25, 0.3) is 5.91 Å². The van der Waals surface area contributed by atoms with Crippen LogP contribution in [0.2, 0.25) is 5.02 Å². The average Bonchev–Trinajstić information content (AvgIpc) is 3.41. The third-order valence-corrected chi connectivity index (χ3v) is 4.70. The summed E-state index contributed by atoms with van der Waals surface area (Å²) in [4.78, 5) is 24.7. The summed E-state index contributed by atoms with van der Waals surface area (Å²) in [5, 5.41) is 10.7. The van der Waals surface area contributed by atoms with Crippen molar-refractivity contribution >= 4 is 23.4 Å². The van der Waals surface area contributed by atoms with Gasteiger partial charge in [0.1, 0.15) is 5.69 Å². The number of benzene rings is 2. The molecule has 4 rings (SSSR count). The Hall–Kier alpha value is -3.12. The second-order valence-electron chi connectivity index (χ2n) is 6.70. The van der Waals surface area contributed by atoms with E-state index in [1.165, 1.54) is 0 Å². The molecule has 2 N–H and O–H groups in total. The Bertz CT molecular complexity index is 995. The highest BCUT2D eigenvalue weighted by molar-refractivity contribution is 6.30. The van der Waals surface area contributed by atoms with E-state index in [2.05, 4.69) is 15.7 Å². The topological polar surface area (TPSA) is 76.0 Å². The maximum atomic E-state index is 12.8. The number of para-hydroxylation sites is 1. The van der Waals surface area contributed by atoms with Gasteiger partial charge in [0.05, 0.1) is 17.8 Å². The van der Waals surface area contributed by atoms with Crippen molar-refractivity contribution in [2.24, 2.45) is 0 Å². The number of aromatic nitrogens is 2. The summed E-state index contributed by atoms with van der Waals surface area (Å²) in [5.41, 5.74) is 2.53. The zero-order chi connectivity index (χ0) is 19.5. The third kappa shape index (κ3) is 4.23. The highest BCUT2D eigenvalue weighted by Gasteiger charge is 2.24. The molecular weight excluding hydrogens is 376 g/mol. The smallest absolute Gasteiger partial charge is 0.255 e. The molecule has 1 aliphatic carbocycles. The monoisotopic (exact) mass is 394 g/mol. The van der Waals surface area contributed by atoms with E-state index in [1.54, 1.807) is 23.0 Å². The Morgan fingerprint density at radius 1 is 1.07 bits per heavy atom. The molecule has 7 heteroatoms. The lowest BCUT2D eigenvalue weighted by molar-refractivity contribution is -0.120. The Morgan fingerprint density at radius 2 is 1.79 bits per heavy atom. The van der Waals surface area contributed by atoms with Gasteiger partial charge in [-0.2, -0.15) is 5.10 Å². The van der Waals surface area contributed by atoms with E-state index < -0.39 is 0 Å². The zero-order valence-electron chi connectivity index (χ0n) is 15.1. The van der Waals surface area contributed by atoms with Gasteiger partial charge in [-0.3, -0.25) is 9.59 Å². The number of hydrogen-bond donors (Lipinski definition) is 2. The summed E-state index contributed by atoms with van der Waals surface area (Å²) in [7, 11) is 0. The van der Waals surface area contributed by atoms with Crippen molar-refractivity contribution in [3.63, 3.8) is 0 Å². The quantitative estimate of drug-likeness (QED) is 0.674. The van der Waals surface area contributed by atoms with Gasteiger partial charge in [0.15, 0.2) is 0 Å². The van der Waals surface area contributed by atoms with E-state index in [-0.39, 0.29) is 24.4 Å². The van der Waals surface area contributed by atoms with Crippen LogP contribution in [0, 0.1) is 0 Å². The van der Waals surface area contributed by atoms with E-state index >= 15 is 0 Å². The molecule has 6 nitrogen and oxygen atoms in total. The Morgan fingerprint density at radius 3 is 2.46 bits per heavy atom. The predicted octanol–water partition coefficient (Wildman–Crippen LogP) is 3.20. The molecule has 0 unspecified atom stereocenters. The number of hydrogen-bond acceptors (Lipinski definition) is 3. The van der Waals surface area contributed by atoms with Crippen LogP contribution in [0.5, 0.6) is 0 Å². The number of nitrogens with one attached hydrogen (secondary N) is 2. The molecule has 0 atom stereocenters. The maximum Gasteiger partial charge on any atom is 0.255 e. The number of carbonyl (C=O) groups excluding carboxylic acids is 2. The Labute approximate surface area is 167 Å². The molecule has 28 heavy (non-hydrogen) atoms. The SMILES string of the molecule is O=C(CNC(=O)c1cn(-c2ccccc2)nc1-c1ccc(Cl)cc1)NC1CC1. The van der Waals surface area contributed by atoms with Gasteiger partial charge in [-0.1, -0.05) is 41.9 Å². The molecule has 1 aromatic heterocycles. The number of rotatable bonds is 6. The van der Waals surface area contributed by atoms with Crippen LogP contribution >= 0.6 is 11.6 Å². The number of nitrogens with zero attached hydrogens (tertiary/aromatic N) is 2. The minimum absolute atomic E-state index is 0.0636. The molecule has 1 aliphatic rings. The lowest BCUT2D eigenvalue weighted by atomic mass is 10.1. The van der Waals surface area contributed by atoms with Gasteiger partial charge in [0, 0.05) is 22.8 Å².